The van der Waals surface area contributed by atoms with E-state index in [0.29, 0.717) is 40.4 Å². The van der Waals surface area contributed by atoms with E-state index in [0.717, 1.165) is 41.7 Å². The Morgan fingerprint density at radius 1 is 1.15 bits per heavy atom. The van der Waals surface area contributed by atoms with Gasteiger partial charge in [0, 0.05) is 43.6 Å². The van der Waals surface area contributed by atoms with Gasteiger partial charge in [-0.25, -0.2) is 9.67 Å². The average Bonchev–Trinajstić information content (AvgIpc) is 3.72. The van der Waals surface area contributed by atoms with E-state index in [1.165, 1.54) is 19.4 Å². The van der Waals surface area contributed by atoms with Gasteiger partial charge in [-0.3, -0.25) is 10.1 Å². The second-order valence-corrected chi connectivity index (χ2v) is 10.4. The fraction of sp³-hybridized carbons (Fsp3) is 0.370. The zero-order valence-electron chi connectivity index (χ0n) is 23.0. The Kier molecular flexibility index (Phi) is 7.63. The fourth-order valence-electron chi connectivity index (χ4n) is 4.50. The number of methoxy groups -OCH3 is 2. The number of rotatable bonds is 11. The molecule has 1 N–H and O–H groups in total. The number of aromatic nitrogens is 4. The van der Waals surface area contributed by atoms with Crippen LogP contribution in [0.25, 0.3) is 16.7 Å². The van der Waals surface area contributed by atoms with Crippen LogP contribution in [0, 0.1) is 10.1 Å². The van der Waals surface area contributed by atoms with Crippen molar-refractivity contribution in [1.29, 1.82) is 0 Å². The third kappa shape index (κ3) is 5.45. The fourth-order valence-corrected chi connectivity index (χ4v) is 4.67. The van der Waals surface area contributed by atoms with Crippen LogP contribution >= 0.6 is 11.6 Å². The molecule has 0 saturated heterocycles. The van der Waals surface area contributed by atoms with Crippen molar-refractivity contribution in [2.45, 2.75) is 18.8 Å². The van der Waals surface area contributed by atoms with Crippen molar-refractivity contribution in [3.05, 3.63) is 57.4 Å². The molecule has 2 aromatic carbocycles. The minimum absolute atomic E-state index is 0.0696. The highest BCUT2D eigenvalue weighted by atomic mass is 35.5. The van der Waals surface area contributed by atoms with Crippen LogP contribution in [0.5, 0.6) is 11.5 Å². The quantitative estimate of drug-likeness (QED) is 0.195. The maximum Gasteiger partial charge on any atom is 0.294 e. The number of halogens is 1. The van der Waals surface area contributed by atoms with Gasteiger partial charge in [0.15, 0.2) is 5.82 Å². The van der Waals surface area contributed by atoms with Crippen molar-refractivity contribution in [1.82, 2.24) is 24.6 Å². The molecule has 0 spiro atoms. The van der Waals surface area contributed by atoms with Gasteiger partial charge in [0.2, 0.25) is 5.95 Å². The first-order valence-corrected chi connectivity index (χ1v) is 13.2. The van der Waals surface area contributed by atoms with Crippen LogP contribution in [0.2, 0.25) is 5.02 Å². The van der Waals surface area contributed by atoms with Gasteiger partial charge in [0.05, 0.1) is 42.2 Å². The number of nitro benzene ring substituents is 1. The van der Waals surface area contributed by atoms with Crippen LogP contribution in [-0.4, -0.2) is 78.0 Å². The summed E-state index contributed by atoms with van der Waals surface area (Å²) in [5.41, 5.74) is 2.54. The SMILES string of the molecule is COc1ccc2c(c1)c(C1CC1)nn2-c1nc(Nc2cc([N+](=O)[O-])c(N(C)CCN(C)C)cc2OC)ncc1Cl. The molecule has 12 nitrogen and oxygen atoms in total. The van der Waals surface area contributed by atoms with Crippen molar-refractivity contribution >= 4 is 45.5 Å². The van der Waals surface area contributed by atoms with E-state index < -0.39 is 4.92 Å². The molecular formula is C27H31ClN8O4. The van der Waals surface area contributed by atoms with E-state index in [1.807, 2.05) is 49.1 Å². The summed E-state index contributed by atoms with van der Waals surface area (Å²) in [4.78, 5) is 24.4. The number of nitro groups is 1. The highest BCUT2D eigenvalue weighted by Crippen LogP contribution is 2.44. The van der Waals surface area contributed by atoms with Gasteiger partial charge < -0.3 is 24.6 Å². The maximum absolute atomic E-state index is 12.0. The van der Waals surface area contributed by atoms with E-state index in [-0.39, 0.29) is 11.6 Å². The normalized spacial score (nSPS) is 13.1. The van der Waals surface area contributed by atoms with Gasteiger partial charge in [-0.05, 0) is 45.1 Å². The number of nitrogens with zero attached hydrogens (tertiary/aromatic N) is 7. The Bertz CT molecular complexity index is 1570. The first kappa shape index (κ1) is 27.4. The first-order valence-electron chi connectivity index (χ1n) is 12.8. The largest absolute Gasteiger partial charge is 0.497 e. The van der Waals surface area contributed by atoms with Crippen LogP contribution in [0.15, 0.2) is 36.5 Å². The van der Waals surface area contributed by atoms with Gasteiger partial charge in [0.25, 0.3) is 5.69 Å². The van der Waals surface area contributed by atoms with Crippen LogP contribution in [0.3, 0.4) is 0 Å². The predicted molar refractivity (Wildman–Crippen MR) is 155 cm³/mol. The van der Waals surface area contributed by atoms with Crippen molar-refractivity contribution in [2.75, 3.05) is 58.7 Å². The molecule has 1 aliphatic carbocycles. The maximum atomic E-state index is 12.0. The first-order chi connectivity index (χ1) is 19.2. The van der Waals surface area contributed by atoms with Crippen molar-refractivity contribution in [2.24, 2.45) is 0 Å². The third-order valence-corrected chi connectivity index (χ3v) is 7.11. The van der Waals surface area contributed by atoms with Gasteiger partial charge in [-0.15, -0.1) is 0 Å². The van der Waals surface area contributed by atoms with E-state index in [1.54, 1.807) is 17.9 Å². The molecule has 2 aromatic heterocycles. The smallest absolute Gasteiger partial charge is 0.294 e. The van der Waals surface area contributed by atoms with E-state index in [9.17, 15) is 10.1 Å². The van der Waals surface area contributed by atoms with Gasteiger partial charge >= 0.3 is 0 Å². The molecule has 0 unspecified atom stereocenters. The van der Waals surface area contributed by atoms with E-state index >= 15 is 0 Å². The Labute approximate surface area is 236 Å². The zero-order chi connectivity index (χ0) is 28.6. The second kappa shape index (κ2) is 11.1. The molecule has 5 rings (SSSR count). The number of ether oxygens (including phenoxy) is 2. The molecular weight excluding hydrogens is 536 g/mol. The van der Waals surface area contributed by atoms with E-state index in [4.69, 9.17) is 26.2 Å². The highest BCUT2D eigenvalue weighted by molar-refractivity contribution is 6.32. The van der Waals surface area contributed by atoms with E-state index in [2.05, 4.69) is 15.3 Å². The minimum atomic E-state index is -0.413. The monoisotopic (exact) mass is 566 g/mol. The minimum Gasteiger partial charge on any atom is -0.497 e. The summed E-state index contributed by atoms with van der Waals surface area (Å²) in [7, 11) is 8.85. The van der Waals surface area contributed by atoms with Crippen LogP contribution in [0.1, 0.15) is 24.5 Å². The lowest BCUT2D eigenvalue weighted by atomic mass is 10.1. The van der Waals surface area contributed by atoms with Crippen LogP contribution in [0.4, 0.5) is 23.0 Å². The molecule has 40 heavy (non-hydrogen) atoms. The predicted octanol–water partition coefficient (Wildman–Crippen LogP) is 5.01. The lowest BCUT2D eigenvalue weighted by molar-refractivity contribution is -0.384. The molecule has 0 atom stereocenters. The number of hydrogen-bond acceptors (Lipinski definition) is 10. The number of likely N-dealkylation sites (N-methyl/N-ethyl adjacent to an activating group) is 2. The Balaban J connectivity index is 1.53. The van der Waals surface area contributed by atoms with Crippen molar-refractivity contribution in [3.63, 3.8) is 0 Å². The summed E-state index contributed by atoms with van der Waals surface area (Å²) in [5.74, 6) is 2.11. The molecule has 13 heteroatoms. The standard InChI is InChI=1S/C27H31ClN8O4/c1-33(2)10-11-34(3)22-14-24(40-5)20(13-23(22)36(37)38)30-27-29-15-19(28)26(31-27)35-21-9-8-17(39-4)12-18(21)25(32-35)16-6-7-16/h8-9,12-16H,6-7,10-11H2,1-5H3,(H,29,30,31). The number of nitrogens with one attached hydrogen (secondary N) is 1. The summed E-state index contributed by atoms with van der Waals surface area (Å²) < 4.78 is 12.7. The average molecular weight is 567 g/mol. The zero-order valence-corrected chi connectivity index (χ0v) is 23.8. The topological polar surface area (TPSA) is 124 Å². The van der Waals surface area contributed by atoms with Crippen LogP contribution in [-0.2, 0) is 0 Å². The number of anilines is 3. The Hall–Kier alpha value is -4.16. The third-order valence-electron chi connectivity index (χ3n) is 6.84. The lowest BCUT2D eigenvalue weighted by Gasteiger charge is -2.22. The molecule has 210 valence electrons. The molecule has 1 aliphatic rings. The Morgan fingerprint density at radius 2 is 1.93 bits per heavy atom. The van der Waals surface area contributed by atoms with Crippen LogP contribution < -0.4 is 19.7 Å². The molecule has 1 saturated carbocycles. The van der Waals surface area contributed by atoms with Gasteiger partial charge in [-0.1, -0.05) is 11.6 Å². The van der Waals surface area contributed by atoms with Crippen molar-refractivity contribution in [3.8, 4) is 17.3 Å². The summed E-state index contributed by atoms with van der Waals surface area (Å²) in [6.45, 7) is 1.33. The molecule has 1 fully saturated rings. The highest BCUT2D eigenvalue weighted by Gasteiger charge is 2.30. The summed E-state index contributed by atoms with van der Waals surface area (Å²) >= 11 is 6.57. The number of benzene rings is 2. The number of hydrogen-bond donors (Lipinski definition) is 1. The molecule has 0 aliphatic heterocycles. The number of fused-ring (bicyclic) bond motifs is 1. The van der Waals surface area contributed by atoms with Gasteiger partial charge in [0.1, 0.15) is 22.2 Å². The molecule has 2 heterocycles. The summed E-state index contributed by atoms with van der Waals surface area (Å²) in [6.07, 6.45) is 3.63. The molecule has 0 amide bonds. The lowest BCUT2D eigenvalue weighted by Crippen LogP contribution is -2.29. The van der Waals surface area contributed by atoms with Gasteiger partial charge in [-0.2, -0.15) is 10.1 Å². The summed E-state index contributed by atoms with van der Waals surface area (Å²) in [6, 6.07) is 8.84. The second-order valence-electron chi connectivity index (χ2n) is 9.97. The molecule has 0 radical (unpaired) electrons. The molecule has 4 aromatic rings. The van der Waals surface area contributed by atoms with Crippen molar-refractivity contribution < 1.29 is 14.4 Å². The molecule has 0 bridgehead atoms. The summed E-state index contributed by atoms with van der Waals surface area (Å²) in [5, 5.41) is 21.3. The Morgan fingerprint density at radius 3 is 2.58 bits per heavy atom.